The van der Waals surface area contributed by atoms with Gasteiger partial charge in [-0.25, -0.2) is 4.68 Å². The lowest BCUT2D eigenvalue weighted by Gasteiger charge is -2.13. The number of nitrogens with one attached hydrogen (secondary N) is 1. The Balaban J connectivity index is 1.55. The molecular formula is C19H18BrN5O3. The summed E-state index contributed by atoms with van der Waals surface area (Å²) in [6.07, 6.45) is 0.795. The summed E-state index contributed by atoms with van der Waals surface area (Å²) in [5.41, 5.74) is 1.50. The molecule has 3 amide bonds. The number of amides is 3. The smallest absolute Gasteiger partial charge is 0.261 e. The van der Waals surface area contributed by atoms with Gasteiger partial charge >= 0.3 is 0 Å². The third-order valence-corrected chi connectivity index (χ3v) is 4.82. The number of anilines is 1. The molecule has 0 unspecified atom stereocenters. The first-order valence-corrected chi connectivity index (χ1v) is 9.57. The number of nitriles is 1. The van der Waals surface area contributed by atoms with Crippen molar-refractivity contribution in [2.45, 2.75) is 32.7 Å². The van der Waals surface area contributed by atoms with Gasteiger partial charge in [0.25, 0.3) is 11.8 Å². The van der Waals surface area contributed by atoms with E-state index in [1.807, 2.05) is 6.07 Å². The number of nitrogens with zero attached hydrogens (tertiary/aromatic N) is 4. The van der Waals surface area contributed by atoms with Gasteiger partial charge in [-0.3, -0.25) is 19.3 Å². The molecule has 0 saturated heterocycles. The molecule has 28 heavy (non-hydrogen) atoms. The fourth-order valence-electron chi connectivity index (χ4n) is 3.04. The molecule has 0 spiro atoms. The maximum atomic E-state index is 12.4. The van der Waals surface area contributed by atoms with Crippen molar-refractivity contribution in [2.24, 2.45) is 0 Å². The fraction of sp³-hybridized carbons (Fsp3) is 0.316. The molecule has 0 fully saturated rings. The number of hydrogen-bond acceptors (Lipinski definition) is 5. The molecule has 1 aromatic heterocycles. The largest absolute Gasteiger partial charge is 0.311 e. The Bertz CT molecular complexity index is 992. The van der Waals surface area contributed by atoms with Crippen LogP contribution in [-0.4, -0.2) is 38.9 Å². The molecule has 0 saturated carbocycles. The number of benzene rings is 1. The molecule has 1 N–H and O–H groups in total. The first-order chi connectivity index (χ1) is 13.4. The van der Waals surface area contributed by atoms with E-state index in [1.165, 1.54) is 4.90 Å². The van der Waals surface area contributed by atoms with Crippen molar-refractivity contribution in [2.75, 3.05) is 11.9 Å². The molecule has 0 aliphatic carbocycles. The van der Waals surface area contributed by atoms with E-state index in [0.717, 1.165) is 10.2 Å². The predicted octanol–water partition coefficient (Wildman–Crippen LogP) is 2.88. The van der Waals surface area contributed by atoms with E-state index in [-0.39, 0.29) is 30.7 Å². The Morgan fingerprint density at radius 1 is 1.21 bits per heavy atom. The van der Waals surface area contributed by atoms with E-state index in [2.05, 4.69) is 26.3 Å². The summed E-state index contributed by atoms with van der Waals surface area (Å²) in [7, 11) is 0. The van der Waals surface area contributed by atoms with Gasteiger partial charge in [0, 0.05) is 23.5 Å². The van der Waals surface area contributed by atoms with Crippen LogP contribution in [0.1, 0.15) is 45.7 Å². The van der Waals surface area contributed by atoms with Crippen LogP contribution in [0.2, 0.25) is 0 Å². The molecular weight excluding hydrogens is 426 g/mol. The topological polar surface area (TPSA) is 108 Å². The number of carbonyl (C=O) groups excluding carboxylic acids is 3. The summed E-state index contributed by atoms with van der Waals surface area (Å²) >= 11 is 3.30. The van der Waals surface area contributed by atoms with Crippen LogP contribution >= 0.6 is 15.9 Å². The zero-order chi connectivity index (χ0) is 20.3. The Morgan fingerprint density at radius 3 is 2.71 bits per heavy atom. The van der Waals surface area contributed by atoms with Crippen LogP contribution < -0.4 is 5.32 Å². The van der Waals surface area contributed by atoms with Gasteiger partial charge in [0.1, 0.15) is 5.82 Å². The summed E-state index contributed by atoms with van der Waals surface area (Å²) in [5, 5.41) is 15.7. The van der Waals surface area contributed by atoms with E-state index in [1.54, 1.807) is 35.9 Å². The van der Waals surface area contributed by atoms with Gasteiger partial charge in [0.2, 0.25) is 5.91 Å². The van der Waals surface area contributed by atoms with Crippen molar-refractivity contribution in [1.29, 1.82) is 5.26 Å². The zero-order valence-corrected chi connectivity index (χ0v) is 16.8. The van der Waals surface area contributed by atoms with Crippen molar-refractivity contribution in [3.63, 3.8) is 0 Å². The lowest BCUT2D eigenvalue weighted by atomic mass is 10.1. The minimum Gasteiger partial charge on any atom is -0.311 e. The SMILES string of the molecule is Cc1cc(NC(=O)CCCN2C(=O)c3ccc(Br)cc3C2=O)n(CCC#N)n1. The predicted molar refractivity (Wildman–Crippen MR) is 105 cm³/mol. The molecule has 9 heteroatoms. The third kappa shape index (κ3) is 4.12. The second-order valence-electron chi connectivity index (χ2n) is 6.41. The van der Waals surface area contributed by atoms with Gasteiger partial charge in [-0.1, -0.05) is 15.9 Å². The zero-order valence-electron chi connectivity index (χ0n) is 15.2. The second kappa shape index (κ2) is 8.35. The Labute approximate surface area is 170 Å². The van der Waals surface area contributed by atoms with Gasteiger partial charge < -0.3 is 5.32 Å². The van der Waals surface area contributed by atoms with Gasteiger partial charge in [-0.2, -0.15) is 10.4 Å². The van der Waals surface area contributed by atoms with E-state index in [4.69, 9.17) is 5.26 Å². The van der Waals surface area contributed by atoms with Gasteiger partial charge in [-0.15, -0.1) is 0 Å². The summed E-state index contributed by atoms with van der Waals surface area (Å²) in [5.74, 6) is -0.384. The van der Waals surface area contributed by atoms with Crippen LogP contribution in [0.3, 0.4) is 0 Å². The number of aromatic nitrogens is 2. The summed E-state index contributed by atoms with van der Waals surface area (Å²) < 4.78 is 2.32. The molecule has 3 rings (SSSR count). The first kappa shape index (κ1) is 19.8. The normalized spacial score (nSPS) is 12.8. The number of fused-ring (bicyclic) bond motifs is 1. The third-order valence-electron chi connectivity index (χ3n) is 4.32. The van der Waals surface area contributed by atoms with Crippen LogP contribution in [0, 0.1) is 18.3 Å². The lowest BCUT2D eigenvalue weighted by Crippen LogP contribution is -2.31. The van der Waals surface area contributed by atoms with E-state index < -0.39 is 0 Å². The molecule has 2 aromatic rings. The Morgan fingerprint density at radius 2 is 1.96 bits per heavy atom. The van der Waals surface area contributed by atoms with Crippen LogP contribution in [0.5, 0.6) is 0 Å². The van der Waals surface area contributed by atoms with E-state index >= 15 is 0 Å². The van der Waals surface area contributed by atoms with Crippen molar-refractivity contribution >= 4 is 39.5 Å². The maximum Gasteiger partial charge on any atom is 0.261 e. The second-order valence-corrected chi connectivity index (χ2v) is 7.32. The highest BCUT2D eigenvalue weighted by Gasteiger charge is 2.35. The standard InChI is InChI=1S/C19H18BrN5O3/c1-12-10-16(25(23-12)9-3-7-21)22-17(26)4-2-8-24-18(27)14-6-5-13(20)11-15(14)19(24)28/h5-6,10-11H,2-4,8-9H2,1H3,(H,22,26). The Kier molecular flexibility index (Phi) is 5.90. The van der Waals surface area contributed by atoms with Crippen molar-refractivity contribution in [3.8, 4) is 6.07 Å². The molecule has 0 radical (unpaired) electrons. The average molecular weight is 444 g/mol. The van der Waals surface area contributed by atoms with Crippen LogP contribution in [-0.2, 0) is 11.3 Å². The minimum absolute atomic E-state index is 0.152. The van der Waals surface area contributed by atoms with Crippen molar-refractivity contribution < 1.29 is 14.4 Å². The average Bonchev–Trinajstić information content (AvgIpc) is 3.11. The van der Waals surface area contributed by atoms with Crippen LogP contribution in [0.15, 0.2) is 28.7 Å². The molecule has 1 aliphatic heterocycles. The summed E-state index contributed by atoms with van der Waals surface area (Å²) in [6.45, 7) is 2.37. The van der Waals surface area contributed by atoms with Crippen LogP contribution in [0.25, 0.3) is 0 Å². The molecule has 1 aliphatic rings. The maximum absolute atomic E-state index is 12.4. The first-order valence-electron chi connectivity index (χ1n) is 8.77. The Hall–Kier alpha value is -2.99. The lowest BCUT2D eigenvalue weighted by molar-refractivity contribution is -0.116. The fourth-order valence-corrected chi connectivity index (χ4v) is 3.40. The monoisotopic (exact) mass is 443 g/mol. The summed E-state index contributed by atoms with van der Waals surface area (Å²) in [4.78, 5) is 38.2. The number of imide groups is 1. The molecule has 8 nitrogen and oxygen atoms in total. The number of rotatable bonds is 7. The minimum atomic E-state index is -0.341. The highest BCUT2D eigenvalue weighted by atomic mass is 79.9. The molecule has 1 aromatic carbocycles. The molecule has 0 atom stereocenters. The van der Waals surface area contributed by atoms with Gasteiger partial charge in [0.05, 0.1) is 35.9 Å². The molecule has 2 heterocycles. The van der Waals surface area contributed by atoms with Crippen LogP contribution in [0.4, 0.5) is 5.82 Å². The van der Waals surface area contributed by atoms with Crippen molar-refractivity contribution in [3.05, 3.63) is 45.6 Å². The number of halogens is 1. The molecule has 0 bridgehead atoms. The molecule has 144 valence electrons. The van der Waals surface area contributed by atoms with Crippen molar-refractivity contribution in [1.82, 2.24) is 14.7 Å². The number of carbonyl (C=O) groups is 3. The quantitative estimate of drug-likeness (QED) is 0.661. The highest BCUT2D eigenvalue weighted by molar-refractivity contribution is 9.10. The van der Waals surface area contributed by atoms with Gasteiger partial charge in [0.15, 0.2) is 0 Å². The highest BCUT2D eigenvalue weighted by Crippen LogP contribution is 2.26. The summed E-state index contributed by atoms with van der Waals surface area (Å²) in [6, 6.07) is 8.75. The number of hydrogen-bond donors (Lipinski definition) is 1. The van der Waals surface area contributed by atoms with E-state index in [0.29, 0.717) is 36.3 Å². The number of aryl methyl sites for hydroxylation is 2. The van der Waals surface area contributed by atoms with Gasteiger partial charge in [-0.05, 0) is 31.5 Å². The van der Waals surface area contributed by atoms with E-state index in [9.17, 15) is 14.4 Å².